The number of carboxylic acid groups (broad SMARTS) is 1. The van der Waals surface area contributed by atoms with Crippen molar-refractivity contribution in [1.29, 1.82) is 0 Å². The van der Waals surface area contributed by atoms with Crippen molar-refractivity contribution in [3.05, 3.63) is 124 Å². The van der Waals surface area contributed by atoms with Gasteiger partial charge in [0.2, 0.25) is 0 Å². The van der Waals surface area contributed by atoms with Gasteiger partial charge in [0.15, 0.2) is 6.61 Å². The van der Waals surface area contributed by atoms with E-state index in [-0.39, 0.29) is 18.4 Å². The van der Waals surface area contributed by atoms with Crippen molar-refractivity contribution in [2.75, 3.05) is 13.2 Å². The molecule has 0 aliphatic carbocycles. The number of aliphatic carboxylic acids is 1. The van der Waals surface area contributed by atoms with Crippen LogP contribution in [-0.4, -0.2) is 30.1 Å². The van der Waals surface area contributed by atoms with Crippen molar-refractivity contribution in [2.45, 2.75) is 31.6 Å². The molecule has 1 amide bonds. The molecule has 0 saturated carbocycles. The van der Waals surface area contributed by atoms with E-state index < -0.39 is 5.97 Å². The van der Waals surface area contributed by atoms with E-state index in [1.54, 1.807) is 17.4 Å². The summed E-state index contributed by atoms with van der Waals surface area (Å²) in [6.45, 7) is 0.199. The maximum Gasteiger partial charge on any atom is 0.341 e. The summed E-state index contributed by atoms with van der Waals surface area (Å²) >= 11 is 1.64. The quantitative estimate of drug-likeness (QED) is 0.205. The number of nitrogens with one attached hydrogen (secondary N) is 1. The second kappa shape index (κ2) is 13.4. The standard InChI is InChI=1S/C31H31NO4S/c33-30(34)22-36-26-15-7-9-23(21-26)10-8-19-32-31(35)28-18-20-37-29(28)17-16-27(24-11-3-1-4-12-24)25-13-5-2-6-14-25/h1-7,9,11-15,18,20-21,27H,8,10,16-17,19,22H2,(H,32,35)(H,33,34). The molecule has 5 nitrogen and oxygen atoms in total. The number of aryl methyl sites for hydroxylation is 2. The van der Waals surface area contributed by atoms with Crippen molar-refractivity contribution in [3.8, 4) is 5.75 Å². The van der Waals surface area contributed by atoms with E-state index in [0.29, 0.717) is 12.3 Å². The molecule has 6 heteroatoms. The fraction of sp³-hybridized carbons (Fsp3) is 0.226. The van der Waals surface area contributed by atoms with Crippen LogP contribution < -0.4 is 10.1 Å². The van der Waals surface area contributed by atoms with Gasteiger partial charge in [0.25, 0.3) is 5.91 Å². The third kappa shape index (κ3) is 7.79. The van der Waals surface area contributed by atoms with E-state index >= 15 is 0 Å². The lowest BCUT2D eigenvalue weighted by Crippen LogP contribution is -2.25. The third-order valence-corrected chi connectivity index (χ3v) is 7.22. The normalized spacial score (nSPS) is 10.8. The molecule has 0 bridgehead atoms. The topological polar surface area (TPSA) is 75.6 Å². The highest BCUT2D eigenvalue weighted by atomic mass is 32.1. The first kappa shape index (κ1) is 26.2. The van der Waals surface area contributed by atoms with Crippen LogP contribution in [-0.2, 0) is 17.6 Å². The van der Waals surface area contributed by atoms with Crippen molar-refractivity contribution in [1.82, 2.24) is 5.32 Å². The molecule has 1 heterocycles. The van der Waals surface area contributed by atoms with Gasteiger partial charge in [-0.15, -0.1) is 11.3 Å². The molecule has 37 heavy (non-hydrogen) atoms. The summed E-state index contributed by atoms with van der Waals surface area (Å²) in [6.07, 6.45) is 3.29. The lowest BCUT2D eigenvalue weighted by atomic mass is 9.87. The number of carbonyl (C=O) groups excluding carboxylic acids is 1. The van der Waals surface area contributed by atoms with Crippen LogP contribution in [0.3, 0.4) is 0 Å². The summed E-state index contributed by atoms with van der Waals surface area (Å²) in [5.74, 6) is -0.228. The van der Waals surface area contributed by atoms with E-state index in [0.717, 1.165) is 41.7 Å². The molecule has 0 aliphatic heterocycles. The van der Waals surface area contributed by atoms with Gasteiger partial charge < -0.3 is 15.2 Å². The molecule has 0 atom stereocenters. The molecule has 3 aromatic carbocycles. The minimum absolute atomic E-state index is 0.0363. The number of rotatable bonds is 13. The zero-order valence-electron chi connectivity index (χ0n) is 20.6. The number of amides is 1. The fourth-order valence-corrected chi connectivity index (χ4v) is 5.33. The maximum absolute atomic E-state index is 12.9. The van der Waals surface area contributed by atoms with Gasteiger partial charge >= 0.3 is 5.97 Å². The predicted molar refractivity (Wildman–Crippen MR) is 148 cm³/mol. The predicted octanol–water partition coefficient (Wildman–Crippen LogP) is 6.34. The highest BCUT2D eigenvalue weighted by Gasteiger charge is 2.17. The van der Waals surface area contributed by atoms with Crippen LogP contribution in [0.2, 0.25) is 0 Å². The first-order chi connectivity index (χ1) is 18.1. The van der Waals surface area contributed by atoms with Crippen molar-refractivity contribution in [3.63, 3.8) is 0 Å². The molecule has 190 valence electrons. The van der Waals surface area contributed by atoms with Gasteiger partial charge in [0.1, 0.15) is 5.75 Å². The smallest absolute Gasteiger partial charge is 0.341 e. The molecule has 0 fully saturated rings. The van der Waals surface area contributed by atoms with Crippen LogP contribution in [0.5, 0.6) is 5.75 Å². The van der Waals surface area contributed by atoms with E-state index in [9.17, 15) is 9.59 Å². The fourth-order valence-electron chi connectivity index (χ4n) is 4.43. The van der Waals surface area contributed by atoms with Gasteiger partial charge in [-0.25, -0.2) is 4.79 Å². The lowest BCUT2D eigenvalue weighted by molar-refractivity contribution is -0.139. The van der Waals surface area contributed by atoms with Gasteiger partial charge in [-0.05, 0) is 66.0 Å². The minimum Gasteiger partial charge on any atom is -0.482 e. The molecule has 1 aromatic heterocycles. The number of hydrogen-bond donors (Lipinski definition) is 2. The largest absolute Gasteiger partial charge is 0.482 e. The summed E-state index contributed by atoms with van der Waals surface area (Å²) < 4.78 is 5.24. The summed E-state index contributed by atoms with van der Waals surface area (Å²) in [5.41, 5.74) is 4.37. The zero-order valence-corrected chi connectivity index (χ0v) is 21.5. The number of thiophene rings is 1. The molecule has 0 unspecified atom stereocenters. The monoisotopic (exact) mass is 513 g/mol. The molecule has 4 rings (SSSR count). The number of carbonyl (C=O) groups is 2. The first-order valence-corrected chi connectivity index (χ1v) is 13.4. The zero-order chi connectivity index (χ0) is 25.9. The average molecular weight is 514 g/mol. The van der Waals surface area contributed by atoms with Crippen LogP contribution >= 0.6 is 11.3 Å². The Labute approximate surface area is 221 Å². The van der Waals surface area contributed by atoms with Crippen LogP contribution in [0.1, 0.15) is 50.7 Å². The Morgan fingerprint density at radius 2 is 1.57 bits per heavy atom. The second-order valence-electron chi connectivity index (χ2n) is 8.86. The molecule has 0 aliphatic rings. The third-order valence-electron chi connectivity index (χ3n) is 6.24. The summed E-state index contributed by atoms with van der Waals surface area (Å²) in [6, 6.07) is 30.4. The first-order valence-electron chi connectivity index (χ1n) is 12.5. The van der Waals surface area contributed by atoms with Crippen LogP contribution in [0.15, 0.2) is 96.4 Å². The van der Waals surface area contributed by atoms with Gasteiger partial charge in [-0.2, -0.15) is 0 Å². The van der Waals surface area contributed by atoms with Gasteiger partial charge in [-0.1, -0.05) is 72.8 Å². The highest BCUT2D eigenvalue weighted by molar-refractivity contribution is 7.10. The SMILES string of the molecule is O=C(O)COc1cccc(CCCNC(=O)c2ccsc2CCC(c2ccccc2)c2ccccc2)c1. The van der Waals surface area contributed by atoms with Gasteiger partial charge in [-0.3, -0.25) is 4.79 Å². The molecule has 4 aromatic rings. The second-order valence-corrected chi connectivity index (χ2v) is 9.86. The van der Waals surface area contributed by atoms with Gasteiger partial charge in [0.05, 0.1) is 5.56 Å². The molecular weight excluding hydrogens is 482 g/mol. The lowest BCUT2D eigenvalue weighted by Gasteiger charge is -2.18. The van der Waals surface area contributed by atoms with E-state index in [4.69, 9.17) is 9.84 Å². The number of carboxylic acids is 1. The van der Waals surface area contributed by atoms with Gasteiger partial charge in [0, 0.05) is 17.3 Å². The maximum atomic E-state index is 12.9. The summed E-state index contributed by atoms with van der Waals surface area (Å²) in [4.78, 5) is 24.7. The molecule has 2 N–H and O–H groups in total. The number of benzene rings is 3. The summed E-state index contributed by atoms with van der Waals surface area (Å²) in [5, 5.41) is 13.8. The van der Waals surface area contributed by atoms with Crippen molar-refractivity contribution >= 4 is 23.2 Å². The molecular formula is C31H31NO4S. The van der Waals surface area contributed by atoms with Crippen LogP contribution in [0.4, 0.5) is 0 Å². The Bertz CT molecular complexity index is 1250. The Morgan fingerprint density at radius 1 is 0.865 bits per heavy atom. The van der Waals surface area contributed by atoms with E-state index in [1.165, 1.54) is 11.1 Å². The minimum atomic E-state index is -1.00. The Balaban J connectivity index is 1.30. The Morgan fingerprint density at radius 3 is 2.24 bits per heavy atom. The number of ether oxygens (including phenoxy) is 1. The highest BCUT2D eigenvalue weighted by Crippen LogP contribution is 2.31. The Hall–Kier alpha value is -3.90. The number of hydrogen-bond acceptors (Lipinski definition) is 4. The van der Waals surface area contributed by atoms with Crippen molar-refractivity contribution < 1.29 is 19.4 Å². The van der Waals surface area contributed by atoms with E-state index in [2.05, 4.69) is 53.8 Å². The summed E-state index contributed by atoms with van der Waals surface area (Å²) in [7, 11) is 0. The van der Waals surface area contributed by atoms with Crippen LogP contribution in [0, 0.1) is 0 Å². The molecule has 0 saturated heterocycles. The van der Waals surface area contributed by atoms with Crippen molar-refractivity contribution in [2.24, 2.45) is 0 Å². The Kier molecular flexibility index (Phi) is 9.49. The molecule has 0 radical (unpaired) electrons. The van der Waals surface area contributed by atoms with E-state index in [1.807, 2.05) is 41.8 Å². The average Bonchev–Trinajstić information content (AvgIpc) is 3.40. The molecule has 0 spiro atoms. The van der Waals surface area contributed by atoms with Crippen LogP contribution in [0.25, 0.3) is 0 Å².